The molecule has 0 spiro atoms. The Morgan fingerprint density at radius 1 is 1.29 bits per heavy atom. The van der Waals surface area contributed by atoms with E-state index in [0.29, 0.717) is 11.1 Å². The molecule has 1 aromatic carbocycles. The van der Waals surface area contributed by atoms with Crippen LogP contribution >= 0.6 is 0 Å². The quantitative estimate of drug-likeness (QED) is 0.907. The Hall–Kier alpha value is -1.40. The van der Waals surface area contributed by atoms with Crippen LogP contribution in [0.5, 0.6) is 0 Å². The number of carboxylic acid groups (broad SMARTS) is 1. The predicted octanol–water partition coefficient (Wildman–Crippen LogP) is 2.56. The summed E-state index contributed by atoms with van der Waals surface area (Å²) in [5, 5.41) is 9.15. The van der Waals surface area contributed by atoms with Gasteiger partial charge in [0.05, 0.1) is 10.5 Å². The number of sulfonamides is 1. The van der Waals surface area contributed by atoms with Crippen LogP contribution < -0.4 is 0 Å². The minimum absolute atomic E-state index is 0.0104. The Balaban J connectivity index is 2.61. The lowest BCUT2D eigenvalue weighted by molar-refractivity contribution is 0.0696. The van der Waals surface area contributed by atoms with Gasteiger partial charge < -0.3 is 5.11 Å². The lowest BCUT2D eigenvalue weighted by Gasteiger charge is -2.27. The Labute approximate surface area is 125 Å². The van der Waals surface area contributed by atoms with Gasteiger partial charge in [0.25, 0.3) is 0 Å². The first-order valence-electron chi connectivity index (χ1n) is 7.04. The number of carboxylic acids is 1. The summed E-state index contributed by atoms with van der Waals surface area (Å²) in [7, 11) is -3.68. The molecule has 0 aromatic heterocycles. The minimum atomic E-state index is -3.68. The summed E-state index contributed by atoms with van der Waals surface area (Å²) in [5.74, 6) is -1.11. The maximum atomic E-state index is 12.9. The van der Waals surface area contributed by atoms with Crippen LogP contribution in [0.1, 0.15) is 48.2 Å². The third kappa shape index (κ3) is 2.96. The van der Waals surface area contributed by atoms with Gasteiger partial charge in [0.1, 0.15) is 0 Å². The maximum absolute atomic E-state index is 12.9. The maximum Gasteiger partial charge on any atom is 0.335 e. The zero-order valence-electron chi connectivity index (χ0n) is 12.8. The van der Waals surface area contributed by atoms with Gasteiger partial charge >= 0.3 is 5.97 Å². The number of benzene rings is 1. The first kappa shape index (κ1) is 16.0. The zero-order chi connectivity index (χ0) is 15.9. The molecule has 21 heavy (non-hydrogen) atoms. The summed E-state index contributed by atoms with van der Waals surface area (Å²) in [6.07, 6.45) is 1.74. The Bertz CT molecular complexity index is 673. The van der Waals surface area contributed by atoms with Gasteiger partial charge in [-0.25, -0.2) is 13.2 Å². The van der Waals surface area contributed by atoms with E-state index in [1.165, 1.54) is 16.4 Å². The fourth-order valence-corrected chi connectivity index (χ4v) is 4.77. The van der Waals surface area contributed by atoms with Gasteiger partial charge in [-0.05, 0) is 63.8 Å². The second-order valence-corrected chi connectivity index (χ2v) is 7.69. The summed E-state index contributed by atoms with van der Waals surface area (Å²) in [6.45, 7) is 7.15. The molecule has 1 aliphatic rings. The molecule has 0 radical (unpaired) electrons. The molecule has 1 saturated carbocycles. The molecule has 0 aliphatic heterocycles. The minimum Gasteiger partial charge on any atom is -0.478 e. The van der Waals surface area contributed by atoms with Gasteiger partial charge in [-0.15, -0.1) is 0 Å². The highest BCUT2D eigenvalue weighted by atomic mass is 32.2. The van der Waals surface area contributed by atoms with Gasteiger partial charge in [-0.2, -0.15) is 4.31 Å². The average molecular weight is 311 g/mol. The number of aromatic carboxylic acids is 1. The van der Waals surface area contributed by atoms with Crippen LogP contribution in [0.3, 0.4) is 0 Å². The van der Waals surface area contributed by atoms with E-state index in [0.717, 1.165) is 12.8 Å². The highest BCUT2D eigenvalue weighted by molar-refractivity contribution is 7.89. The molecule has 5 nitrogen and oxygen atoms in total. The Kier molecular flexibility index (Phi) is 4.13. The van der Waals surface area contributed by atoms with Crippen LogP contribution in [0.4, 0.5) is 0 Å². The molecule has 0 heterocycles. The van der Waals surface area contributed by atoms with Crippen molar-refractivity contribution in [3.8, 4) is 0 Å². The average Bonchev–Trinajstić information content (AvgIpc) is 3.15. The fourth-order valence-electron chi connectivity index (χ4n) is 2.56. The molecule has 116 valence electrons. The molecule has 0 unspecified atom stereocenters. The predicted molar refractivity (Wildman–Crippen MR) is 80.1 cm³/mol. The molecular formula is C15H21NO4S. The van der Waals surface area contributed by atoms with Crippen molar-refractivity contribution in [1.29, 1.82) is 0 Å². The number of aryl methyl sites for hydroxylation is 1. The summed E-state index contributed by atoms with van der Waals surface area (Å²) < 4.78 is 27.4. The van der Waals surface area contributed by atoms with Crippen LogP contribution in [0.2, 0.25) is 0 Å². The van der Waals surface area contributed by atoms with E-state index in [2.05, 4.69) is 0 Å². The molecule has 1 aromatic rings. The van der Waals surface area contributed by atoms with E-state index in [-0.39, 0.29) is 22.5 Å². The van der Waals surface area contributed by atoms with E-state index in [1.54, 1.807) is 13.8 Å². The third-order valence-electron chi connectivity index (χ3n) is 3.84. The molecule has 1 aliphatic carbocycles. The molecule has 1 N–H and O–H groups in total. The molecule has 0 bridgehead atoms. The first-order chi connectivity index (χ1) is 9.66. The van der Waals surface area contributed by atoms with Crippen molar-refractivity contribution in [2.45, 2.75) is 57.5 Å². The molecule has 0 amide bonds. The van der Waals surface area contributed by atoms with Gasteiger partial charge in [0.15, 0.2) is 0 Å². The fraction of sp³-hybridized carbons (Fsp3) is 0.533. The molecule has 0 saturated heterocycles. The van der Waals surface area contributed by atoms with Gasteiger partial charge in [-0.3, -0.25) is 0 Å². The molecule has 0 atom stereocenters. The molecule has 2 rings (SSSR count). The molecular weight excluding hydrogens is 290 g/mol. The van der Waals surface area contributed by atoms with Crippen molar-refractivity contribution >= 4 is 16.0 Å². The van der Waals surface area contributed by atoms with Crippen LogP contribution in [-0.4, -0.2) is 35.9 Å². The topological polar surface area (TPSA) is 74.7 Å². The first-order valence-corrected chi connectivity index (χ1v) is 8.48. The summed E-state index contributed by atoms with van der Waals surface area (Å²) >= 11 is 0. The standard InChI is InChI=1S/C15H21NO4S/c1-9(2)16(13-5-6-13)21(19,20)14-8-12(15(17)18)7-10(3)11(14)4/h7-9,13H,5-6H2,1-4H3,(H,17,18). The number of carbonyl (C=O) groups is 1. The molecule has 6 heteroatoms. The summed E-state index contributed by atoms with van der Waals surface area (Å²) in [4.78, 5) is 11.3. The number of nitrogens with zero attached hydrogens (tertiary/aromatic N) is 1. The monoisotopic (exact) mass is 311 g/mol. The van der Waals surface area contributed by atoms with Crippen LogP contribution in [0.25, 0.3) is 0 Å². The van der Waals surface area contributed by atoms with Crippen molar-refractivity contribution < 1.29 is 18.3 Å². The highest BCUT2D eigenvalue weighted by Gasteiger charge is 2.40. The van der Waals surface area contributed by atoms with Crippen molar-refractivity contribution in [2.75, 3.05) is 0 Å². The van der Waals surface area contributed by atoms with E-state index in [4.69, 9.17) is 5.11 Å². The zero-order valence-corrected chi connectivity index (χ0v) is 13.6. The second kappa shape index (κ2) is 5.42. The third-order valence-corrected chi connectivity index (χ3v) is 6.09. The second-order valence-electron chi connectivity index (χ2n) is 5.88. The van der Waals surface area contributed by atoms with Crippen LogP contribution in [0.15, 0.2) is 17.0 Å². The van der Waals surface area contributed by atoms with Gasteiger partial charge in [-0.1, -0.05) is 0 Å². The largest absolute Gasteiger partial charge is 0.478 e. The van der Waals surface area contributed by atoms with Crippen LogP contribution in [0, 0.1) is 13.8 Å². The number of rotatable bonds is 5. The van der Waals surface area contributed by atoms with Crippen LogP contribution in [-0.2, 0) is 10.0 Å². The van der Waals surface area contributed by atoms with Gasteiger partial charge in [0, 0.05) is 12.1 Å². The lowest BCUT2D eigenvalue weighted by Crippen LogP contribution is -2.39. The van der Waals surface area contributed by atoms with Crippen molar-refractivity contribution in [2.24, 2.45) is 0 Å². The van der Waals surface area contributed by atoms with Crippen molar-refractivity contribution in [3.05, 3.63) is 28.8 Å². The van der Waals surface area contributed by atoms with E-state index < -0.39 is 16.0 Å². The van der Waals surface area contributed by atoms with Crippen molar-refractivity contribution in [3.63, 3.8) is 0 Å². The number of hydrogen-bond acceptors (Lipinski definition) is 3. The van der Waals surface area contributed by atoms with E-state index in [1.807, 2.05) is 13.8 Å². The SMILES string of the molecule is Cc1cc(C(=O)O)cc(S(=O)(=O)N(C(C)C)C2CC2)c1C. The number of hydrogen-bond donors (Lipinski definition) is 1. The smallest absolute Gasteiger partial charge is 0.335 e. The van der Waals surface area contributed by atoms with Gasteiger partial charge in [0.2, 0.25) is 10.0 Å². The van der Waals surface area contributed by atoms with E-state index in [9.17, 15) is 13.2 Å². The Morgan fingerprint density at radius 3 is 2.29 bits per heavy atom. The van der Waals surface area contributed by atoms with E-state index >= 15 is 0 Å². The highest BCUT2D eigenvalue weighted by Crippen LogP contribution is 2.35. The Morgan fingerprint density at radius 2 is 1.86 bits per heavy atom. The normalized spacial score (nSPS) is 15.7. The lowest BCUT2D eigenvalue weighted by atomic mass is 10.1. The summed E-state index contributed by atoms with van der Waals surface area (Å²) in [6, 6.07) is 2.68. The van der Waals surface area contributed by atoms with Crippen molar-refractivity contribution in [1.82, 2.24) is 4.31 Å². The molecule has 1 fully saturated rings. The summed E-state index contributed by atoms with van der Waals surface area (Å²) in [5.41, 5.74) is 1.30.